The zero-order chi connectivity index (χ0) is 68.3. The number of quaternary nitrogens is 1. The molecule has 0 aliphatic carbocycles. The van der Waals surface area contributed by atoms with Crippen LogP contribution in [0.25, 0.3) is 0 Å². The van der Waals surface area contributed by atoms with Crippen LogP contribution in [-0.4, -0.2) is 74.9 Å². The molecule has 2 unspecified atom stereocenters. The molecular weight excluding hydrogens is 1180 g/mol. The number of phosphoric acid groups is 1. The Bertz CT molecular complexity index is 1770. The van der Waals surface area contributed by atoms with Gasteiger partial charge in [-0.2, -0.15) is 0 Å². The first kappa shape index (κ1) is 91.7. The highest BCUT2D eigenvalue weighted by Gasteiger charge is 2.27. The monoisotopic (exact) mass is 1340 g/mol. The van der Waals surface area contributed by atoms with Gasteiger partial charge in [0.25, 0.3) is 0 Å². The summed E-state index contributed by atoms with van der Waals surface area (Å²) in [6.07, 6.45) is 101. The van der Waals surface area contributed by atoms with Gasteiger partial charge in [-0.25, -0.2) is 4.57 Å². The van der Waals surface area contributed by atoms with Gasteiger partial charge in [0.15, 0.2) is 6.10 Å². The molecule has 0 radical (unpaired) electrons. The van der Waals surface area contributed by atoms with Crippen molar-refractivity contribution in [3.63, 3.8) is 0 Å². The molecular formula is C84H159NO8P+. The summed E-state index contributed by atoms with van der Waals surface area (Å²) >= 11 is 0. The smallest absolute Gasteiger partial charge is 0.462 e. The van der Waals surface area contributed by atoms with Crippen LogP contribution in [0.1, 0.15) is 412 Å². The Kier molecular flexibility index (Phi) is 73.1. The minimum Gasteiger partial charge on any atom is -0.462 e. The van der Waals surface area contributed by atoms with E-state index >= 15 is 0 Å². The number of rotatable bonds is 77. The van der Waals surface area contributed by atoms with Crippen LogP contribution in [0.3, 0.4) is 0 Å². The van der Waals surface area contributed by atoms with Crippen LogP contribution in [0.5, 0.6) is 0 Å². The summed E-state index contributed by atoms with van der Waals surface area (Å²) in [5, 5.41) is 0. The highest BCUT2D eigenvalue weighted by atomic mass is 31.2. The predicted molar refractivity (Wildman–Crippen MR) is 409 cm³/mol. The van der Waals surface area contributed by atoms with Gasteiger partial charge >= 0.3 is 19.8 Å². The van der Waals surface area contributed by atoms with Crippen LogP contribution in [-0.2, 0) is 32.7 Å². The molecule has 10 heteroatoms. The summed E-state index contributed by atoms with van der Waals surface area (Å²) in [4.78, 5) is 36.0. The summed E-state index contributed by atoms with van der Waals surface area (Å²) in [7, 11) is 1.50. The maximum Gasteiger partial charge on any atom is 0.472 e. The van der Waals surface area contributed by atoms with Crippen LogP contribution >= 0.6 is 7.82 Å². The normalized spacial score (nSPS) is 13.3. The molecule has 0 saturated heterocycles. The molecule has 9 nitrogen and oxygen atoms in total. The Morgan fingerprint density at radius 2 is 0.606 bits per heavy atom. The van der Waals surface area contributed by atoms with E-state index in [4.69, 9.17) is 18.5 Å². The van der Waals surface area contributed by atoms with Crippen molar-refractivity contribution in [3.8, 4) is 0 Å². The zero-order valence-electron chi connectivity index (χ0n) is 63.2. The minimum absolute atomic E-state index is 0.0337. The lowest BCUT2D eigenvalue weighted by Crippen LogP contribution is -2.37. The quantitative estimate of drug-likeness (QED) is 0.0211. The number of hydrogen-bond donors (Lipinski definition) is 1. The standard InChI is InChI=1S/C84H158NO8P/c1-6-8-10-12-14-16-18-20-22-24-26-28-30-32-34-36-38-39-40-41-42-43-44-45-47-48-50-52-54-56-58-60-62-64-66-68-70-72-74-76-83(86)90-80-82(81-92-94(88,89)91-79-78-85(3,4)5)93-84(87)77-75-73-71-69-67-65-63-61-59-57-55-53-51-49-46-37-35-33-31-29-27-25-23-21-19-17-15-13-11-9-7-2/h9,11,15,17,21,23-24,26-27,29,82H,6-8,10,12-14,16,18-20,22,25,28,30-81H2,1-5H3/p+1/b11-9-,17-15-,23-21-,26-24-,29-27-. The molecule has 0 aromatic rings. The molecule has 0 rings (SSSR count). The van der Waals surface area contributed by atoms with E-state index in [9.17, 15) is 19.0 Å². The third kappa shape index (κ3) is 78.7. The summed E-state index contributed by atoms with van der Waals surface area (Å²) in [6.45, 7) is 4.39. The second-order valence-corrected chi connectivity index (χ2v) is 30.6. The van der Waals surface area contributed by atoms with Gasteiger partial charge in [-0.05, 0) is 77.0 Å². The molecule has 552 valence electrons. The van der Waals surface area contributed by atoms with Crippen molar-refractivity contribution in [2.24, 2.45) is 0 Å². The SMILES string of the molecule is CC/C=C\C/C=C\C/C=C\C/C=C\CCCCCCCCCCCCCCCCCCCCC(=O)OC(COC(=O)CCCCCCCCCCCCCCCCCCCCCCCCCCCCC/C=C\CCCCCCCCCC)COP(=O)(O)OCC[N+](C)(C)C. The molecule has 0 spiro atoms. The lowest BCUT2D eigenvalue weighted by Gasteiger charge is -2.24. The van der Waals surface area contributed by atoms with Crippen molar-refractivity contribution in [3.05, 3.63) is 60.8 Å². The molecule has 0 fully saturated rings. The van der Waals surface area contributed by atoms with Crippen molar-refractivity contribution >= 4 is 19.8 Å². The van der Waals surface area contributed by atoms with E-state index in [0.29, 0.717) is 23.9 Å². The van der Waals surface area contributed by atoms with Crippen molar-refractivity contribution in [1.29, 1.82) is 0 Å². The van der Waals surface area contributed by atoms with Crippen LogP contribution in [0.2, 0.25) is 0 Å². The number of carbonyl (C=O) groups excluding carboxylic acids is 2. The van der Waals surface area contributed by atoms with Gasteiger partial charge < -0.3 is 18.9 Å². The fourth-order valence-corrected chi connectivity index (χ4v) is 13.0. The Labute approximate surface area is 585 Å². The van der Waals surface area contributed by atoms with E-state index in [1.54, 1.807) is 0 Å². The van der Waals surface area contributed by atoms with Crippen molar-refractivity contribution < 1.29 is 42.1 Å². The van der Waals surface area contributed by atoms with Gasteiger partial charge in [-0.3, -0.25) is 18.6 Å². The van der Waals surface area contributed by atoms with Gasteiger partial charge in [-0.15, -0.1) is 0 Å². The molecule has 0 aromatic carbocycles. The van der Waals surface area contributed by atoms with E-state index in [2.05, 4.69) is 74.6 Å². The third-order valence-electron chi connectivity index (χ3n) is 18.5. The average Bonchev–Trinajstić information content (AvgIpc) is 1.66. The number of phosphoric ester groups is 1. The predicted octanol–water partition coefficient (Wildman–Crippen LogP) is 27.3. The lowest BCUT2D eigenvalue weighted by molar-refractivity contribution is -0.870. The number of carbonyl (C=O) groups is 2. The number of hydrogen-bond acceptors (Lipinski definition) is 7. The van der Waals surface area contributed by atoms with Gasteiger partial charge in [0, 0.05) is 12.8 Å². The molecule has 0 aromatic heterocycles. The topological polar surface area (TPSA) is 108 Å². The third-order valence-corrected chi connectivity index (χ3v) is 19.5. The lowest BCUT2D eigenvalue weighted by atomic mass is 10.0. The molecule has 2 atom stereocenters. The van der Waals surface area contributed by atoms with Crippen LogP contribution in [0.4, 0.5) is 0 Å². The number of esters is 2. The molecule has 0 aliphatic rings. The maximum atomic E-state index is 12.9. The van der Waals surface area contributed by atoms with E-state index in [0.717, 1.165) is 57.8 Å². The van der Waals surface area contributed by atoms with Crippen molar-refractivity contribution in [2.75, 3.05) is 47.5 Å². The molecule has 0 heterocycles. The average molecular weight is 1340 g/mol. The first-order valence-corrected chi connectivity index (χ1v) is 42.5. The Balaban J connectivity index is 3.88. The fraction of sp³-hybridized carbons (Fsp3) is 0.857. The van der Waals surface area contributed by atoms with E-state index in [-0.39, 0.29) is 25.6 Å². The Hall–Kier alpha value is -2.29. The highest BCUT2D eigenvalue weighted by Crippen LogP contribution is 2.43. The van der Waals surface area contributed by atoms with Crippen LogP contribution in [0, 0.1) is 0 Å². The second-order valence-electron chi connectivity index (χ2n) is 29.1. The van der Waals surface area contributed by atoms with Crippen LogP contribution < -0.4 is 0 Å². The highest BCUT2D eigenvalue weighted by molar-refractivity contribution is 7.47. The van der Waals surface area contributed by atoms with Gasteiger partial charge in [0.1, 0.15) is 19.8 Å². The van der Waals surface area contributed by atoms with Crippen molar-refractivity contribution in [2.45, 2.75) is 418 Å². The fourth-order valence-electron chi connectivity index (χ4n) is 12.3. The zero-order valence-corrected chi connectivity index (χ0v) is 64.1. The molecule has 0 bridgehead atoms. The second kappa shape index (κ2) is 74.9. The molecule has 94 heavy (non-hydrogen) atoms. The first-order valence-electron chi connectivity index (χ1n) is 41.0. The molecule has 0 amide bonds. The first-order chi connectivity index (χ1) is 46.0. The number of nitrogens with zero attached hydrogens (tertiary/aromatic N) is 1. The Morgan fingerprint density at radius 3 is 0.915 bits per heavy atom. The van der Waals surface area contributed by atoms with Crippen molar-refractivity contribution in [1.82, 2.24) is 0 Å². The number of likely N-dealkylation sites (N-methyl/N-ethyl adjacent to an activating group) is 1. The summed E-state index contributed by atoms with van der Waals surface area (Å²) < 4.78 is 34.8. The Morgan fingerprint density at radius 1 is 0.340 bits per heavy atom. The summed E-state index contributed by atoms with van der Waals surface area (Å²) in [5.41, 5.74) is 0. The van der Waals surface area contributed by atoms with Gasteiger partial charge in [0.05, 0.1) is 27.7 Å². The molecule has 0 saturated carbocycles. The van der Waals surface area contributed by atoms with E-state index < -0.39 is 26.5 Å². The van der Waals surface area contributed by atoms with E-state index in [1.807, 2.05) is 21.1 Å². The van der Waals surface area contributed by atoms with Crippen LogP contribution in [0.15, 0.2) is 60.8 Å². The minimum atomic E-state index is -4.39. The number of ether oxygens (including phenoxy) is 2. The largest absolute Gasteiger partial charge is 0.472 e. The maximum absolute atomic E-state index is 12.9. The van der Waals surface area contributed by atoms with Gasteiger partial charge in [-0.1, -0.05) is 383 Å². The summed E-state index contributed by atoms with van der Waals surface area (Å²) in [6, 6.07) is 0. The summed E-state index contributed by atoms with van der Waals surface area (Å²) in [5.74, 6) is -0.775. The number of unbranched alkanes of at least 4 members (excludes halogenated alkanes) is 53. The molecule has 0 aliphatic heterocycles. The molecule has 1 N–H and O–H groups in total. The number of allylic oxidation sites excluding steroid dienone is 10. The van der Waals surface area contributed by atoms with E-state index in [1.165, 1.54) is 321 Å². The van der Waals surface area contributed by atoms with Gasteiger partial charge in [0.2, 0.25) is 0 Å².